The van der Waals surface area contributed by atoms with Crippen LogP contribution in [0.1, 0.15) is 20.8 Å². The van der Waals surface area contributed by atoms with Gasteiger partial charge < -0.3 is 9.47 Å². The van der Waals surface area contributed by atoms with Gasteiger partial charge in [0.15, 0.2) is 5.50 Å². The monoisotopic (exact) mass is 340 g/mol. The molecule has 22 heavy (non-hydrogen) atoms. The summed E-state index contributed by atoms with van der Waals surface area (Å²) in [7, 11) is 0. The summed E-state index contributed by atoms with van der Waals surface area (Å²) in [5, 5.41) is 0. The highest BCUT2D eigenvalue weighted by Crippen LogP contribution is 2.35. The number of halogens is 4. The lowest BCUT2D eigenvalue weighted by molar-refractivity contribution is -0.218. The van der Waals surface area contributed by atoms with Crippen LogP contribution in [0.15, 0.2) is 35.2 Å². The summed E-state index contributed by atoms with van der Waals surface area (Å²) >= 11 is 0.319. The first kappa shape index (κ1) is 18.6. The van der Waals surface area contributed by atoms with Crippen molar-refractivity contribution >= 4 is 17.9 Å². The van der Waals surface area contributed by atoms with E-state index in [4.69, 9.17) is 0 Å². The zero-order valence-corrected chi connectivity index (χ0v) is 13.0. The predicted octanol–water partition coefficient (Wildman–Crippen LogP) is 4.96. The molecule has 2 unspecified atom stereocenters. The summed E-state index contributed by atoms with van der Waals surface area (Å²) in [6.45, 7) is 4.38. The molecule has 0 heterocycles. The van der Waals surface area contributed by atoms with Crippen molar-refractivity contribution in [2.24, 2.45) is 0 Å². The van der Waals surface area contributed by atoms with E-state index in [1.807, 2.05) is 0 Å². The first-order valence-corrected chi connectivity index (χ1v) is 7.19. The molecule has 0 aliphatic rings. The number of alkyl halides is 4. The molecule has 0 aliphatic heterocycles. The third-order valence-electron chi connectivity index (χ3n) is 2.17. The Bertz CT molecular complexity index is 485. The van der Waals surface area contributed by atoms with Crippen LogP contribution < -0.4 is 0 Å². The molecule has 0 amide bonds. The van der Waals surface area contributed by atoms with E-state index in [0.29, 0.717) is 11.8 Å². The molecule has 0 saturated heterocycles. The molecule has 0 fully saturated rings. The summed E-state index contributed by atoms with van der Waals surface area (Å²) in [6.07, 6.45) is -9.52. The quantitative estimate of drug-likeness (QED) is 0.441. The average Bonchev–Trinajstić information content (AvgIpc) is 2.33. The van der Waals surface area contributed by atoms with Crippen molar-refractivity contribution in [2.75, 3.05) is 0 Å². The molecule has 124 valence electrons. The van der Waals surface area contributed by atoms with Crippen molar-refractivity contribution in [3.8, 4) is 0 Å². The molecule has 1 aromatic carbocycles. The van der Waals surface area contributed by atoms with Gasteiger partial charge in [0, 0.05) is 4.90 Å². The van der Waals surface area contributed by atoms with Crippen molar-refractivity contribution in [3.63, 3.8) is 0 Å². The Morgan fingerprint density at radius 1 is 1.14 bits per heavy atom. The van der Waals surface area contributed by atoms with E-state index in [9.17, 15) is 22.4 Å². The Morgan fingerprint density at radius 2 is 1.68 bits per heavy atom. The van der Waals surface area contributed by atoms with E-state index in [1.54, 1.807) is 18.2 Å². The second kappa shape index (κ2) is 7.21. The highest BCUT2D eigenvalue weighted by molar-refractivity contribution is 7.99. The number of carbonyl (C=O) groups is 1. The minimum atomic E-state index is -5.04. The number of carbonyl (C=O) groups excluding carboxylic acids is 1. The van der Waals surface area contributed by atoms with E-state index < -0.39 is 29.5 Å². The molecule has 0 spiro atoms. The molecule has 0 radical (unpaired) electrons. The van der Waals surface area contributed by atoms with Crippen LogP contribution in [0.3, 0.4) is 0 Å². The summed E-state index contributed by atoms with van der Waals surface area (Å²) in [6, 6.07) is 7.69. The number of hydrogen-bond acceptors (Lipinski definition) is 4. The summed E-state index contributed by atoms with van der Waals surface area (Å²) in [5.41, 5.74) is -3.54. The van der Waals surface area contributed by atoms with Gasteiger partial charge >= 0.3 is 12.3 Å². The maximum absolute atomic E-state index is 14.0. The number of benzene rings is 1. The zero-order chi connectivity index (χ0) is 17.0. The minimum Gasteiger partial charge on any atom is -0.429 e. The van der Waals surface area contributed by atoms with Crippen LogP contribution >= 0.6 is 11.8 Å². The number of hydrogen-bond donors (Lipinski definition) is 0. The Kier molecular flexibility index (Phi) is 6.10. The van der Waals surface area contributed by atoms with Gasteiger partial charge in [0.25, 0.3) is 0 Å². The number of thioether (sulfide) groups is 1. The molecule has 1 rings (SSSR count). The van der Waals surface area contributed by atoms with E-state index in [0.717, 1.165) is 0 Å². The first-order valence-electron chi connectivity index (χ1n) is 6.31. The fourth-order valence-electron chi connectivity index (χ4n) is 1.34. The normalized spacial score (nSPS) is 15.0. The largest absolute Gasteiger partial charge is 0.509 e. The standard InChI is InChI=1S/C14H16F4O3S/c1-13(2,3)21-12(19)20-10(14(16,17)18)11(15)22-9-7-5-4-6-8-9/h4-8,10-11H,1-3H3. The van der Waals surface area contributed by atoms with Gasteiger partial charge in [0.2, 0.25) is 6.10 Å². The molecular formula is C14H16F4O3S. The van der Waals surface area contributed by atoms with Crippen LogP contribution in [0, 0.1) is 0 Å². The lowest BCUT2D eigenvalue weighted by Crippen LogP contribution is -2.41. The highest BCUT2D eigenvalue weighted by atomic mass is 32.2. The van der Waals surface area contributed by atoms with Crippen LogP contribution in [0.25, 0.3) is 0 Å². The van der Waals surface area contributed by atoms with Gasteiger partial charge in [-0.1, -0.05) is 30.0 Å². The maximum atomic E-state index is 14.0. The smallest absolute Gasteiger partial charge is 0.429 e. The van der Waals surface area contributed by atoms with Crippen molar-refractivity contribution in [1.82, 2.24) is 0 Å². The third kappa shape index (κ3) is 6.55. The minimum absolute atomic E-state index is 0.289. The molecule has 0 saturated carbocycles. The molecule has 1 aromatic rings. The van der Waals surface area contributed by atoms with Crippen molar-refractivity contribution < 1.29 is 31.8 Å². The highest BCUT2D eigenvalue weighted by Gasteiger charge is 2.49. The van der Waals surface area contributed by atoms with Crippen LogP contribution in [-0.4, -0.2) is 29.5 Å². The van der Waals surface area contributed by atoms with E-state index >= 15 is 0 Å². The van der Waals surface area contributed by atoms with Crippen molar-refractivity contribution in [2.45, 2.75) is 49.1 Å². The second-order valence-electron chi connectivity index (χ2n) is 5.33. The van der Waals surface area contributed by atoms with Gasteiger partial charge in [-0.2, -0.15) is 13.2 Å². The van der Waals surface area contributed by atoms with Gasteiger partial charge in [0.1, 0.15) is 5.60 Å². The average molecular weight is 340 g/mol. The summed E-state index contributed by atoms with van der Waals surface area (Å²) in [5.74, 6) is 0. The number of rotatable bonds is 4. The Hall–Kier alpha value is -1.44. The molecular weight excluding hydrogens is 324 g/mol. The molecule has 3 nitrogen and oxygen atoms in total. The number of ether oxygens (including phenoxy) is 2. The fraction of sp³-hybridized carbons (Fsp3) is 0.500. The Morgan fingerprint density at radius 3 is 2.14 bits per heavy atom. The summed E-state index contributed by atoms with van der Waals surface area (Å²) < 4.78 is 61.4. The Balaban J connectivity index is 2.78. The van der Waals surface area contributed by atoms with Gasteiger partial charge in [-0.05, 0) is 32.9 Å². The molecule has 0 N–H and O–H groups in total. The van der Waals surface area contributed by atoms with Crippen LogP contribution in [0.2, 0.25) is 0 Å². The molecule has 0 aliphatic carbocycles. The predicted molar refractivity (Wildman–Crippen MR) is 74.4 cm³/mol. The molecule has 8 heteroatoms. The van der Waals surface area contributed by atoms with Crippen molar-refractivity contribution in [3.05, 3.63) is 30.3 Å². The van der Waals surface area contributed by atoms with Gasteiger partial charge in [-0.3, -0.25) is 0 Å². The van der Waals surface area contributed by atoms with Crippen molar-refractivity contribution in [1.29, 1.82) is 0 Å². The summed E-state index contributed by atoms with van der Waals surface area (Å²) in [4.78, 5) is 11.6. The SMILES string of the molecule is CC(C)(C)OC(=O)OC(C(F)Sc1ccccc1)C(F)(F)F. The van der Waals surface area contributed by atoms with Gasteiger partial charge in [-0.15, -0.1) is 0 Å². The van der Waals surface area contributed by atoms with Gasteiger partial charge in [-0.25, -0.2) is 9.18 Å². The molecule has 0 bridgehead atoms. The van der Waals surface area contributed by atoms with Crippen LogP contribution in [0.5, 0.6) is 0 Å². The fourth-order valence-corrected chi connectivity index (χ4v) is 2.25. The third-order valence-corrected chi connectivity index (χ3v) is 3.18. The lowest BCUT2D eigenvalue weighted by Gasteiger charge is -2.25. The molecule has 0 aromatic heterocycles. The van der Waals surface area contributed by atoms with E-state index in [-0.39, 0.29) is 4.90 Å². The second-order valence-corrected chi connectivity index (χ2v) is 6.48. The Labute approximate surface area is 130 Å². The van der Waals surface area contributed by atoms with Crippen LogP contribution in [0.4, 0.5) is 22.4 Å². The first-order chi connectivity index (χ1) is 9.99. The molecule has 2 atom stereocenters. The van der Waals surface area contributed by atoms with E-state index in [1.165, 1.54) is 32.9 Å². The van der Waals surface area contributed by atoms with Crippen LogP contribution in [-0.2, 0) is 9.47 Å². The lowest BCUT2D eigenvalue weighted by atomic mass is 10.2. The van der Waals surface area contributed by atoms with Gasteiger partial charge in [0.05, 0.1) is 0 Å². The topological polar surface area (TPSA) is 35.5 Å². The zero-order valence-electron chi connectivity index (χ0n) is 12.2. The van der Waals surface area contributed by atoms with E-state index in [2.05, 4.69) is 9.47 Å². The maximum Gasteiger partial charge on any atom is 0.509 e.